The first-order valence-electron chi connectivity index (χ1n) is 6.06. The highest BCUT2D eigenvalue weighted by atomic mass is 15.5. The summed E-state index contributed by atoms with van der Waals surface area (Å²) in [4.78, 5) is 0. The third kappa shape index (κ3) is 2.03. The lowest BCUT2D eigenvalue weighted by Gasteiger charge is -2.23. The number of hydrazone groups is 1. The highest BCUT2D eigenvalue weighted by molar-refractivity contribution is 5.83. The van der Waals surface area contributed by atoms with Crippen molar-refractivity contribution in [1.29, 1.82) is 0 Å². The third-order valence-corrected chi connectivity index (χ3v) is 3.29. The Labute approximate surface area is 102 Å². The lowest BCUT2D eigenvalue weighted by atomic mass is 10.0. The fraction of sp³-hybridized carbons (Fsp3) is 0.267. The molecule has 2 nitrogen and oxygen atoms in total. The van der Waals surface area contributed by atoms with Crippen LogP contribution in [0.3, 0.4) is 0 Å². The monoisotopic (exact) mass is 224 g/mol. The van der Waals surface area contributed by atoms with E-state index in [1.54, 1.807) is 0 Å². The molecule has 0 aromatic heterocycles. The van der Waals surface area contributed by atoms with Gasteiger partial charge in [-0.05, 0) is 24.5 Å². The first-order chi connectivity index (χ1) is 8.33. The van der Waals surface area contributed by atoms with Gasteiger partial charge in [-0.2, -0.15) is 5.10 Å². The molecule has 0 fully saturated rings. The molecule has 1 aliphatic heterocycles. The normalized spacial score (nSPS) is 21.6. The van der Waals surface area contributed by atoms with Crippen molar-refractivity contribution in [2.24, 2.45) is 5.10 Å². The Morgan fingerprint density at radius 3 is 2.94 bits per heavy atom. The van der Waals surface area contributed by atoms with Crippen LogP contribution >= 0.6 is 0 Å². The zero-order chi connectivity index (χ0) is 11.7. The van der Waals surface area contributed by atoms with Gasteiger partial charge < -0.3 is 0 Å². The van der Waals surface area contributed by atoms with Gasteiger partial charge in [0.2, 0.25) is 0 Å². The van der Waals surface area contributed by atoms with Crippen LogP contribution in [0.15, 0.2) is 53.2 Å². The van der Waals surface area contributed by atoms with Crippen LogP contribution in [-0.2, 0) is 6.54 Å². The van der Waals surface area contributed by atoms with E-state index in [4.69, 9.17) is 0 Å². The van der Waals surface area contributed by atoms with Crippen LogP contribution in [0.2, 0.25) is 0 Å². The van der Waals surface area contributed by atoms with Crippen LogP contribution in [0.4, 0.5) is 0 Å². The molecule has 1 aromatic rings. The standard InChI is InChI=1S/C15H16N2/c1-12-6-8-13(9-7-12)11-17-15-5-3-2-4-14(15)10-16-17/h3-10,15H,2,11H2,1H3. The van der Waals surface area contributed by atoms with E-state index in [0.717, 1.165) is 13.0 Å². The Morgan fingerprint density at radius 1 is 1.29 bits per heavy atom. The Bertz CT molecular complexity index is 494. The summed E-state index contributed by atoms with van der Waals surface area (Å²) in [6.07, 6.45) is 9.74. The van der Waals surface area contributed by atoms with Gasteiger partial charge in [0.05, 0.1) is 18.8 Å². The molecule has 0 spiro atoms. The predicted molar refractivity (Wildman–Crippen MR) is 70.8 cm³/mol. The highest BCUT2D eigenvalue weighted by Gasteiger charge is 2.24. The smallest absolute Gasteiger partial charge is 0.0917 e. The summed E-state index contributed by atoms with van der Waals surface area (Å²) >= 11 is 0. The minimum Gasteiger partial charge on any atom is -0.281 e. The maximum atomic E-state index is 4.49. The Morgan fingerprint density at radius 2 is 2.12 bits per heavy atom. The molecular weight excluding hydrogens is 208 g/mol. The third-order valence-electron chi connectivity index (χ3n) is 3.29. The molecule has 0 saturated heterocycles. The molecule has 86 valence electrons. The molecule has 1 aliphatic carbocycles. The van der Waals surface area contributed by atoms with Crippen molar-refractivity contribution < 1.29 is 0 Å². The molecular formula is C15H16N2. The summed E-state index contributed by atoms with van der Waals surface area (Å²) in [5, 5.41) is 6.63. The number of aryl methyl sites for hydroxylation is 1. The van der Waals surface area contributed by atoms with E-state index in [1.807, 2.05) is 6.21 Å². The molecule has 0 radical (unpaired) electrons. The summed E-state index contributed by atoms with van der Waals surface area (Å²) in [6.45, 7) is 2.99. The van der Waals surface area contributed by atoms with Crippen LogP contribution in [0, 0.1) is 6.92 Å². The van der Waals surface area contributed by atoms with Crippen molar-refractivity contribution in [1.82, 2.24) is 5.01 Å². The Kier molecular flexibility index (Phi) is 2.56. The average Bonchev–Trinajstić information content (AvgIpc) is 2.76. The summed E-state index contributed by atoms with van der Waals surface area (Å²) in [7, 11) is 0. The number of hydrogen-bond acceptors (Lipinski definition) is 2. The van der Waals surface area contributed by atoms with Crippen LogP contribution in [-0.4, -0.2) is 17.3 Å². The van der Waals surface area contributed by atoms with Gasteiger partial charge >= 0.3 is 0 Å². The molecule has 2 heteroatoms. The van der Waals surface area contributed by atoms with Crippen molar-refractivity contribution in [3.05, 3.63) is 59.2 Å². The fourth-order valence-electron chi connectivity index (χ4n) is 2.28. The minimum absolute atomic E-state index is 0.352. The molecule has 1 unspecified atom stereocenters. The molecule has 0 N–H and O–H groups in total. The first kappa shape index (κ1) is 10.3. The topological polar surface area (TPSA) is 15.6 Å². The second-order valence-corrected chi connectivity index (χ2v) is 4.64. The molecule has 17 heavy (non-hydrogen) atoms. The van der Waals surface area contributed by atoms with Gasteiger partial charge in [-0.1, -0.05) is 48.1 Å². The van der Waals surface area contributed by atoms with Gasteiger partial charge in [0.25, 0.3) is 0 Å². The molecule has 0 bridgehead atoms. The van der Waals surface area contributed by atoms with Crippen molar-refractivity contribution in [3.8, 4) is 0 Å². The molecule has 3 rings (SSSR count). The van der Waals surface area contributed by atoms with Crippen LogP contribution < -0.4 is 0 Å². The maximum Gasteiger partial charge on any atom is 0.0917 e. The molecule has 2 aliphatic rings. The number of allylic oxidation sites excluding steroid dienone is 2. The molecule has 0 amide bonds. The molecule has 0 saturated carbocycles. The maximum absolute atomic E-state index is 4.49. The van der Waals surface area contributed by atoms with E-state index >= 15 is 0 Å². The van der Waals surface area contributed by atoms with Gasteiger partial charge in [0.15, 0.2) is 0 Å². The van der Waals surface area contributed by atoms with Crippen LogP contribution in [0.25, 0.3) is 0 Å². The van der Waals surface area contributed by atoms with Gasteiger partial charge in [-0.15, -0.1) is 0 Å². The molecule has 1 atom stereocenters. The fourth-order valence-corrected chi connectivity index (χ4v) is 2.28. The average molecular weight is 224 g/mol. The number of hydrogen-bond donors (Lipinski definition) is 0. The second kappa shape index (κ2) is 4.21. The zero-order valence-corrected chi connectivity index (χ0v) is 10.0. The van der Waals surface area contributed by atoms with Gasteiger partial charge in [-0.3, -0.25) is 5.01 Å². The van der Waals surface area contributed by atoms with Crippen molar-refractivity contribution in [2.45, 2.75) is 25.9 Å². The predicted octanol–water partition coefficient (Wildman–Crippen LogP) is 3.05. The van der Waals surface area contributed by atoms with E-state index in [2.05, 4.69) is 59.5 Å². The summed E-state index contributed by atoms with van der Waals surface area (Å²) < 4.78 is 0. The summed E-state index contributed by atoms with van der Waals surface area (Å²) in [6, 6.07) is 9.02. The Balaban J connectivity index is 1.76. The van der Waals surface area contributed by atoms with E-state index in [-0.39, 0.29) is 0 Å². The van der Waals surface area contributed by atoms with Crippen molar-refractivity contribution >= 4 is 6.21 Å². The largest absolute Gasteiger partial charge is 0.281 e. The van der Waals surface area contributed by atoms with Gasteiger partial charge in [0.1, 0.15) is 0 Å². The first-order valence-corrected chi connectivity index (χ1v) is 6.06. The number of rotatable bonds is 2. The SMILES string of the molecule is Cc1ccc(CN2N=CC3=CCC=CC32)cc1. The quantitative estimate of drug-likeness (QED) is 0.705. The van der Waals surface area contributed by atoms with Gasteiger partial charge in [-0.25, -0.2) is 0 Å². The second-order valence-electron chi connectivity index (χ2n) is 4.64. The number of fused-ring (bicyclic) bond motifs is 1. The lowest BCUT2D eigenvalue weighted by Crippen LogP contribution is -2.26. The Hall–Kier alpha value is -1.83. The molecule has 1 heterocycles. The van der Waals surface area contributed by atoms with Crippen molar-refractivity contribution in [3.63, 3.8) is 0 Å². The van der Waals surface area contributed by atoms with Crippen LogP contribution in [0.5, 0.6) is 0 Å². The zero-order valence-electron chi connectivity index (χ0n) is 10.0. The van der Waals surface area contributed by atoms with E-state index in [9.17, 15) is 0 Å². The number of benzene rings is 1. The highest BCUT2D eigenvalue weighted by Crippen LogP contribution is 2.24. The van der Waals surface area contributed by atoms with E-state index < -0.39 is 0 Å². The number of nitrogens with zero attached hydrogens (tertiary/aromatic N) is 2. The lowest BCUT2D eigenvalue weighted by molar-refractivity contribution is 0.274. The van der Waals surface area contributed by atoms with E-state index in [0.29, 0.717) is 6.04 Å². The minimum atomic E-state index is 0.352. The summed E-state index contributed by atoms with van der Waals surface area (Å²) in [5.74, 6) is 0. The molecule has 1 aromatic carbocycles. The van der Waals surface area contributed by atoms with Crippen LogP contribution in [0.1, 0.15) is 17.5 Å². The van der Waals surface area contributed by atoms with E-state index in [1.165, 1.54) is 16.7 Å². The van der Waals surface area contributed by atoms with Crippen molar-refractivity contribution in [2.75, 3.05) is 0 Å². The summed E-state index contributed by atoms with van der Waals surface area (Å²) in [5.41, 5.74) is 3.95. The van der Waals surface area contributed by atoms with Gasteiger partial charge in [0, 0.05) is 0 Å².